The highest BCUT2D eigenvalue weighted by molar-refractivity contribution is 9.10. The summed E-state index contributed by atoms with van der Waals surface area (Å²) in [7, 11) is 0. The minimum Gasteiger partial charge on any atom is -0.377 e. The SMILES string of the molecule is CC(Nc1cc(F)ccc1Br)c1ccc(F)cc1F. The molecule has 2 aromatic carbocycles. The molecular weight excluding hydrogens is 319 g/mol. The molecule has 0 spiro atoms. The first kappa shape index (κ1) is 13.9. The molecule has 0 radical (unpaired) electrons. The fourth-order valence-corrected chi connectivity index (χ4v) is 2.13. The molecule has 0 aliphatic rings. The lowest BCUT2D eigenvalue weighted by Gasteiger charge is -2.17. The van der Waals surface area contributed by atoms with Crippen molar-refractivity contribution in [2.24, 2.45) is 0 Å². The van der Waals surface area contributed by atoms with Gasteiger partial charge >= 0.3 is 0 Å². The lowest BCUT2D eigenvalue weighted by molar-refractivity contribution is 0.566. The predicted octanol–water partition coefficient (Wildman–Crippen LogP) is 5.04. The summed E-state index contributed by atoms with van der Waals surface area (Å²) in [5.74, 6) is -1.65. The molecule has 0 heterocycles. The normalized spacial score (nSPS) is 12.3. The zero-order valence-corrected chi connectivity index (χ0v) is 11.6. The monoisotopic (exact) mass is 329 g/mol. The van der Waals surface area contributed by atoms with Crippen molar-refractivity contribution in [3.8, 4) is 0 Å². The van der Waals surface area contributed by atoms with Crippen LogP contribution in [0.3, 0.4) is 0 Å². The largest absolute Gasteiger partial charge is 0.377 e. The number of nitrogens with one attached hydrogen (secondary N) is 1. The van der Waals surface area contributed by atoms with Crippen LogP contribution >= 0.6 is 15.9 Å². The molecule has 100 valence electrons. The van der Waals surface area contributed by atoms with Gasteiger partial charge in [-0.15, -0.1) is 0 Å². The number of rotatable bonds is 3. The molecule has 0 saturated heterocycles. The summed E-state index contributed by atoms with van der Waals surface area (Å²) in [6.07, 6.45) is 0. The van der Waals surface area contributed by atoms with E-state index >= 15 is 0 Å². The van der Waals surface area contributed by atoms with Crippen molar-refractivity contribution in [3.63, 3.8) is 0 Å². The Hall–Kier alpha value is -1.49. The summed E-state index contributed by atoms with van der Waals surface area (Å²) in [5.41, 5.74) is 0.828. The Morgan fingerprint density at radius 1 is 1.00 bits per heavy atom. The van der Waals surface area contributed by atoms with E-state index in [0.717, 1.165) is 6.07 Å². The molecule has 1 nitrogen and oxygen atoms in total. The summed E-state index contributed by atoms with van der Waals surface area (Å²) in [6.45, 7) is 1.72. The molecule has 0 saturated carbocycles. The van der Waals surface area contributed by atoms with E-state index in [9.17, 15) is 13.2 Å². The predicted molar refractivity (Wildman–Crippen MR) is 72.5 cm³/mol. The molecule has 1 atom stereocenters. The maximum absolute atomic E-state index is 13.6. The van der Waals surface area contributed by atoms with Gasteiger partial charge in [-0.05, 0) is 47.1 Å². The molecule has 0 aliphatic carbocycles. The van der Waals surface area contributed by atoms with Gasteiger partial charge in [-0.2, -0.15) is 0 Å². The van der Waals surface area contributed by atoms with Crippen LogP contribution in [0.1, 0.15) is 18.5 Å². The molecule has 2 aromatic rings. The number of halogens is 4. The van der Waals surface area contributed by atoms with Crippen molar-refractivity contribution in [2.75, 3.05) is 5.32 Å². The number of hydrogen-bond acceptors (Lipinski definition) is 1. The lowest BCUT2D eigenvalue weighted by atomic mass is 10.1. The third-order valence-corrected chi connectivity index (χ3v) is 3.42. The third-order valence-electron chi connectivity index (χ3n) is 2.73. The minimum absolute atomic E-state index is 0.317. The van der Waals surface area contributed by atoms with Crippen LogP contribution in [0, 0.1) is 17.5 Å². The Bertz CT molecular complexity index is 601. The first-order valence-corrected chi connectivity index (χ1v) is 6.43. The summed E-state index contributed by atoms with van der Waals surface area (Å²) >= 11 is 3.28. The Kier molecular flexibility index (Phi) is 4.14. The van der Waals surface area contributed by atoms with E-state index in [1.807, 2.05) is 0 Å². The Balaban J connectivity index is 2.25. The van der Waals surface area contributed by atoms with Crippen LogP contribution in [-0.2, 0) is 0 Å². The molecule has 0 aliphatic heterocycles. The minimum atomic E-state index is -0.632. The number of hydrogen-bond donors (Lipinski definition) is 1. The molecule has 0 fully saturated rings. The molecule has 0 aromatic heterocycles. The van der Waals surface area contributed by atoms with Crippen molar-refractivity contribution < 1.29 is 13.2 Å². The zero-order valence-electron chi connectivity index (χ0n) is 10.1. The van der Waals surface area contributed by atoms with Crippen LogP contribution in [-0.4, -0.2) is 0 Å². The van der Waals surface area contributed by atoms with Crippen molar-refractivity contribution >= 4 is 21.6 Å². The summed E-state index contributed by atoms with van der Waals surface area (Å²) in [6, 6.07) is 7.16. The quantitative estimate of drug-likeness (QED) is 0.831. The van der Waals surface area contributed by atoms with Crippen LogP contribution in [0.15, 0.2) is 40.9 Å². The molecule has 19 heavy (non-hydrogen) atoms. The molecule has 1 N–H and O–H groups in total. The van der Waals surface area contributed by atoms with Crippen molar-refractivity contribution in [1.29, 1.82) is 0 Å². The van der Waals surface area contributed by atoms with Gasteiger partial charge in [0, 0.05) is 16.1 Å². The average molecular weight is 330 g/mol. The van der Waals surface area contributed by atoms with E-state index in [0.29, 0.717) is 15.7 Å². The van der Waals surface area contributed by atoms with Gasteiger partial charge in [-0.25, -0.2) is 13.2 Å². The summed E-state index contributed by atoms with van der Waals surface area (Å²) in [4.78, 5) is 0. The van der Waals surface area contributed by atoms with E-state index in [1.165, 1.54) is 24.3 Å². The van der Waals surface area contributed by atoms with E-state index in [1.54, 1.807) is 13.0 Å². The number of benzene rings is 2. The summed E-state index contributed by atoms with van der Waals surface area (Å²) in [5, 5.41) is 2.98. The summed E-state index contributed by atoms with van der Waals surface area (Å²) < 4.78 is 40.3. The Labute approximate surface area is 117 Å². The van der Waals surface area contributed by atoms with Crippen LogP contribution in [0.5, 0.6) is 0 Å². The van der Waals surface area contributed by atoms with Gasteiger partial charge < -0.3 is 5.32 Å². The lowest BCUT2D eigenvalue weighted by Crippen LogP contribution is -2.09. The second-order valence-corrected chi connectivity index (χ2v) is 5.01. The second kappa shape index (κ2) is 5.65. The van der Waals surface area contributed by atoms with E-state index in [2.05, 4.69) is 21.2 Å². The molecule has 1 unspecified atom stereocenters. The maximum atomic E-state index is 13.6. The second-order valence-electron chi connectivity index (χ2n) is 4.16. The van der Waals surface area contributed by atoms with Crippen LogP contribution in [0.2, 0.25) is 0 Å². The fraction of sp³-hybridized carbons (Fsp3) is 0.143. The van der Waals surface area contributed by atoms with E-state index in [4.69, 9.17) is 0 Å². The van der Waals surface area contributed by atoms with Gasteiger partial charge in [0.2, 0.25) is 0 Å². The van der Waals surface area contributed by atoms with Gasteiger partial charge in [0.05, 0.1) is 11.7 Å². The molecule has 0 amide bonds. The Morgan fingerprint density at radius 3 is 2.32 bits per heavy atom. The molecule has 2 rings (SSSR count). The van der Waals surface area contributed by atoms with E-state index in [-0.39, 0.29) is 0 Å². The highest BCUT2D eigenvalue weighted by Crippen LogP contribution is 2.28. The van der Waals surface area contributed by atoms with Gasteiger partial charge in [0.15, 0.2) is 0 Å². The topological polar surface area (TPSA) is 12.0 Å². The first-order chi connectivity index (χ1) is 8.97. The molecule has 0 bridgehead atoms. The van der Waals surface area contributed by atoms with Crippen LogP contribution in [0.4, 0.5) is 18.9 Å². The van der Waals surface area contributed by atoms with Gasteiger partial charge in [0.25, 0.3) is 0 Å². The number of anilines is 1. The highest BCUT2D eigenvalue weighted by Gasteiger charge is 2.13. The van der Waals surface area contributed by atoms with Crippen LogP contribution < -0.4 is 5.32 Å². The van der Waals surface area contributed by atoms with E-state index < -0.39 is 23.5 Å². The zero-order chi connectivity index (χ0) is 14.0. The van der Waals surface area contributed by atoms with Crippen molar-refractivity contribution in [2.45, 2.75) is 13.0 Å². The highest BCUT2D eigenvalue weighted by atomic mass is 79.9. The third kappa shape index (κ3) is 3.29. The van der Waals surface area contributed by atoms with Crippen LogP contribution in [0.25, 0.3) is 0 Å². The molecular formula is C14H11BrF3N. The first-order valence-electron chi connectivity index (χ1n) is 5.64. The average Bonchev–Trinajstić information content (AvgIpc) is 2.33. The molecule has 5 heteroatoms. The van der Waals surface area contributed by atoms with Crippen molar-refractivity contribution in [1.82, 2.24) is 0 Å². The maximum Gasteiger partial charge on any atom is 0.131 e. The van der Waals surface area contributed by atoms with Gasteiger partial charge in [-0.3, -0.25) is 0 Å². The van der Waals surface area contributed by atoms with Gasteiger partial charge in [-0.1, -0.05) is 6.07 Å². The fourth-order valence-electron chi connectivity index (χ4n) is 1.77. The Morgan fingerprint density at radius 2 is 1.63 bits per heavy atom. The van der Waals surface area contributed by atoms with Gasteiger partial charge in [0.1, 0.15) is 17.5 Å². The van der Waals surface area contributed by atoms with Crippen molar-refractivity contribution in [3.05, 3.63) is 63.9 Å². The smallest absolute Gasteiger partial charge is 0.131 e. The standard InChI is InChI=1S/C14H11BrF3N/c1-8(11-4-2-9(16)6-13(11)18)19-14-7-10(17)3-5-12(14)15/h2-8,19H,1H3.